The highest BCUT2D eigenvalue weighted by Crippen LogP contribution is 2.12. The highest BCUT2D eigenvalue weighted by atomic mass is 79.9. The van der Waals surface area contributed by atoms with Gasteiger partial charge in [0.25, 0.3) is 0 Å². The second-order valence-corrected chi connectivity index (χ2v) is 4.28. The molecule has 0 aliphatic carbocycles. The summed E-state index contributed by atoms with van der Waals surface area (Å²) < 4.78 is 8.12. The fraction of sp³-hybridized carbons (Fsp3) is 0.556. The topological polar surface area (TPSA) is 67.6 Å². The number of aromatic nitrogens is 2. The quantitative estimate of drug-likeness (QED) is 0.883. The first-order valence-corrected chi connectivity index (χ1v) is 5.72. The zero-order chi connectivity index (χ0) is 11.5. The van der Waals surface area contributed by atoms with Gasteiger partial charge in [0.1, 0.15) is 0 Å². The van der Waals surface area contributed by atoms with E-state index in [9.17, 15) is 4.79 Å². The molecule has 1 saturated heterocycles. The van der Waals surface area contributed by atoms with Crippen molar-refractivity contribution in [3.8, 4) is 0 Å². The molecule has 1 aromatic rings. The molecule has 1 atom stereocenters. The third-order valence-corrected chi connectivity index (χ3v) is 3.13. The van der Waals surface area contributed by atoms with Crippen LogP contribution in [-0.4, -0.2) is 51.5 Å². The lowest BCUT2D eigenvalue weighted by Crippen LogP contribution is -2.46. The first kappa shape index (κ1) is 11.4. The van der Waals surface area contributed by atoms with Crippen LogP contribution in [0.3, 0.4) is 0 Å². The molecule has 1 aromatic heterocycles. The largest absolute Gasteiger partial charge is 0.465 e. The molecule has 1 amide bonds. The Kier molecular flexibility index (Phi) is 3.45. The van der Waals surface area contributed by atoms with Gasteiger partial charge in [0.05, 0.1) is 25.8 Å². The number of imidazole rings is 1. The maximum atomic E-state index is 10.8. The highest BCUT2D eigenvalue weighted by molar-refractivity contribution is 9.10. The van der Waals surface area contributed by atoms with Gasteiger partial charge in [0, 0.05) is 18.9 Å². The normalized spacial score (nSPS) is 21.1. The predicted octanol–water partition coefficient (Wildman–Crippen LogP) is 1.02. The number of morpholine rings is 1. The van der Waals surface area contributed by atoms with E-state index in [0.29, 0.717) is 26.2 Å². The van der Waals surface area contributed by atoms with Crippen LogP contribution in [0.1, 0.15) is 0 Å². The average Bonchev–Trinajstić information content (AvgIpc) is 2.65. The molecule has 0 radical (unpaired) electrons. The standard InChI is InChI=1S/C9H12BrN3O3/c10-8-11-1-2-12(8)5-7-6-13(9(14)15)3-4-16-7/h1-2,7H,3-6H2,(H,14,15). The Morgan fingerprint density at radius 2 is 2.56 bits per heavy atom. The summed E-state index contributed by atoms with van der Waals surface area (Å²) in [5.74, 6) is 0. The summed E-state index contributed by atoms with van der Waals surface area (Å²) in [6.07, 6.45) is 2.50. The third-order valence-electron chi connectivity index (χ3n) is 2.47. The second kappa shape index (κ2) is 4.84. The van der Waals surface area contributed by atoms with Crippen molar-refractivity contribution in [2.45, 2.75) is 12.6 Å². The summed E-state index contributed by atoms with van der Waals surface area (Å²) in [4.78, 5) is 16.2. The van der Waals surface area contributed by atoms with E-state index in [1.165, 1.54) is 4.90 Å². The van der Waals surface area contributed by atoms with Crippen LogP contribution in [0.25, 0.3) is 0 Å². The lowest BCUT2D eigenvalue weighted by Gasteiger charge is -2.31. The van der Waals surface area contributed by atoms with Crippen molar-refractivity contribution in [3.05, 3.63) is 17.1 Å². The van der Waals surface area contributed by atoms with Crippen molar-refractivity contribution in [1.82, 2.24) is 14.5 Å². The number of nitrogens with zero attached hydrogens (tertiary/aromatic N) is 3. The number of amides is 1. The summed E-state index contributed by atoms with van der Waals surface area (Å²) in [6, 6.07) is 0. The first-order chi connectivity index (χ1) is 7.66. The maximum Gasteiger partial charge on any atom is 0.407 e. The molecule has 0 saturated carbocycles. The molecule has 1 aliphatic rings. The van der Waals surface area contributed by atoms with Gasteiger partial charge < -0.3 is 19.3 Å². The summed E-state index contributed by atoms with van der Waals surface area (Å²) >= 11 is 3.30. The fourth-order valence-corrected chi connectivity index (χ4v) is 2.05. The molecule has 88 valence electrons. The summed E-state index contributed by atoms with van der Waals surface area (Å²) in [5.41, 5.74) is 0. The van der Waals surface area contributed by atoms with Crippen LogP contribution >= 0.6 is 15.9 Å². The Balaban J connectivity index is 1.95. The van der Waals surface area contributed by atoms with Crippen LogP contribution in [0, 0.1) is 0 Å². The Hall–Kier alpha value is -1.08. The van der Waals surface area contributed by atoms with E-state index in [0.717, 1.165) is 4.73 Å². The molecule has 6 nitrogen and oxygen atoms in total. The van der Waals surface area contributed by atoms with Crippen LogP contribution in [0.2, 0.25) is 0 Å². The molecule has 1 N–H and O–H groups in total. The fourth-order valence-electron chi connectivity index (χ4n) is 1.67. The van der Waals surface area contributed by atoms with E-state index in [1.54, 1.807) is 6.20 Å². The van der Waals surface area contributed by atoms with E-state index in [-0.39, 0.29) is 6.10 Å². The van der Waals surface area contributed by atoms with Crippen LogP contribution < -0.4 is 0 Å². The van der Waals surface area contributed by atoms with Gasteiger partial charge in [-0.05, 0) is 15.9 Å². The Bertz CT molecular complexity index is 382. The van der Waals surface area contributed by atoms with Crippen molar-refractivity contribution in [2.24, 2.45) is 0 Å². The van der Waals surface area contributed by atoms with Gasteiger partial charge in [-0.15, -0.1) is 0 Å². The lowest BCUT2D eigenvalue weighted by molar-refractivity contribution is -0.0295. The maximum absolute atomic E-state index is 10.8. The zero-order valence-corrected chi connectivity index (χ0v) is 10.1. The smallest absolute Gasteiger partial charge is 0.407 e. The molecular weight excluding hydrogens is 278 g/mol. The number of halogens is 1. The monoisotopic (exact) mass is 289 g/mol. The summed E-state index contributed by atoms with van der Waals surface area (Å²) in [5, 5.41) is 8.88. The van der Waals surface area contributed by atoms with Gasteiger partial charge >= 0.3 is 6.09 Å². The lowest BCUT2D eigenvalue weighted by atomic mass is 10.3. The average molecular weight is 290 g/mol. The van der Waals surface area contributed by atoms with Gasteiger partial charge in [-0.1, -0.05) is 0 Å². The van der Waals surface area contributed by atoms with E-state index in [2.05, 4.69) is 20.9 Å². The van der Waals surface area contributed by atoms with Gasteiger partial charge in [0.2, 0.25) is 0 Å². The molecule has 1 aliphatic heterocycles. The second-order valence-electron chi connectivity index (χ2n) is 3.57. The van der Waals surface area contributed by atoms with Crippen LogP contribution in [0.4, 0.5) is 4.79 Å². The minimum absolute atomic E-state index is 0.115. The Labute approximate surface area is 101 Å². The molecule has 1 unspecified atom stereocenters. The molecule has 0 bridgehead atoms. The van der Waals surface area contributed by atoms with Crippen LogP contribution in [-0.2, 0) is 11.3 Å². The van der Waals surface area contributed by atoms with Crippen molar-refractivity contribution in [2.75, 3.05) is 19.7 Å². The molecule has 1 fully saturated rings. The number of ether oxygens (including phenoxy) is 1. The predicted molar refractivity (Wildman–Crippen MR) is 59.3 cm³/mol. The summed E-state index contributed by atoms with van der Waals surface area (Å²) in [7, 11) is 0. The number of rotatable bonds is 2. The molecule has 0 spiro atoms. The zero-order valence-electron chi connectivity index (χ0n) is 8.54. The van der Waals surface area contributed by atoms with Gasteiger partial charge in [-0.2, -0.15) is 0 Å². The minimum Gasteiger partial charge on any atom is -0.465 e. The van der Waals surface area contributed by atoms with Crippen molar-refractivity contribution < 1.29 is 14.6 Å². The molecule has 7 heteroatoms. The van der Waals surface area contributed by atoms with E-state index >= 15 is 0 Å². The number of carboxylic acid groups (broad SMARTS) is 1. The molecule has 16 heavy (non-hydrogen) atoms. The van der Waals surface area contributed by atoms with Crippen molar-refractivity contribution in [3.63, 3.8) is 0 Å². The van der Waals surface area contributed by atoms with Crippen molar-refractivity contribution in [1.29, 1.82) is 0 Å². The molecule has 2 heterocycles. The summed E-state index contributed by atoms with van der Waals surface area (Å²) in [6.45, 7) is 1.89. The van der Waals surface area contributed by atoms with E-state index in [4.69, 9.17) is 9.84 Å². The van der Waals surface area contributed by atoms with Gasteiger partial charge in [-0.3, -0.25) is 0 Å². The van der Waals surface area contributed by atoms with Gasteiger partial charge in [-0.25, -0.2) is 9.78 Å². The highest BCUT2D eigenvalue weighted by Gasteiger charge is 2.24. The van der Waals surface area contributed by atoms with Crippen molar-refractivity contribution >= 4 is 22.0 Å². The minimum atomic E-state index is -0.891. The van der Waals surface area contributed by atoms with Gasteiger partial charge in [0.15, 0.2) is 4.73 Å². The van der Waals surface area contributed by atoms with E-state index in [1.807, 2.05) is 10.8 Å². The molecular formula is C9H12BrN3O3. The van der Waals surface area contributed by atoms with E-state index < -0.39 is 6.09 Å². The van der Waals surface area contributed by atoms with Crippen LogP contribution in [0.15, 0.2) is 17.1 Å². The Morgan fingerprint density at radius 1 is 1.75 bits per heavy atom. The SMILES string of the molecule is O=C(O)N1CCOC(Cn2ccnc2Br)C1. The van der Waals surface area contributed by atoms with Crippen LogP contribution in [0.5, 0.6) is 0 Å². The number of hydrogen-bond acceptors (Lipinski definition) is 3. The molecule has 0 aromatic carbocycles. The number of hydrogen-bond donors (Lipinski definition) is 1. The number of carbonyl (C=O) groups is 1. The first-order valence-electron chi connectivity index (χ1n) is 4.93. The third kappa shape index (κ3) is 2.53. The Morgan fingerprint density at radius 3 is 3.19 bits per heavy atom. The molecule has 2 rings (SSSR count).